The minimum atomic E-state index is -0.203. The van der Waals surface area contributed by atoms with E-state index in [1.165, 1.54) is 6.20 Å². The van der Waals surface area contributed by atoms with Crippen LogP contribution in [0.5, 0.6) is 0 Å². The molecule has 1 heterocycles. The third-order valence-electron chi connectivity index (χ3n) is 1.34. The summed E-state index contributed by atoms with van der Waals surface area (Å²) in [5, 5.41) is 0.536. The highest BCUT2D eigenvalue weighted by atomic mass is 79.9. The Kier molecular flexibility index (Phi) is 3.23. The Bertz CT molecular complexity index is 284. The van der Waals surface area contributed by atoms with Gasteiger partial charge in [0.05, 0.1) is 9.85 Å². The Balaban J connectivity index is 2.90. The molecule has 12 heavy (non-hydrogen) atoms. The van der Waals surface area contributed by atoms with Crippen LogP contribution in [-0.4, -0.2) is 15.6 Å². The summed E-state index contributed by atoms with van der Waals surface area (Å²) in [7, 11) is 0. The van der Waals surface area contributed by atoms with Gasteiger partial charge in [0.25, 0.3) is 0 Å². The lowest BCUT2D eigenvalue weighted by molar-refractivity contribution is 0.0991. The Morgan fingerprint density at radius 1 is 1.67 bits per heavy atom. The van der Waals surface area contributed by atoms with Gasteiger partial charge < -0.3 is 0 Å². The second-order valence-corrected chi connectivity index (χ2v) is 4.15. The van der Waals surface area contributed by atoms with Crippen molar-refractivity contribution in [3.05, 3.63) is 29.0 Å². The molecule has 1 aromatic heterocycles. The molecule has 2 nitrogen and oxygen atoms in total. The van der Waals surface area contributed by atoms with E-state index < -0.39 is 0 Å². The molecule has 1 aromatic rings. The third kappa shape index (κ3) is 2.29. The molecule has 0 aliphatic rings. The average molecular weight is 249 g/mol. The van der Waals surface area contributed by atoms with Crippen molar-refractivity contribution < 1.29 is 4.79 Å². The molecule has 0 amide bonds. The van der Waals surface area contributed by atoms with E-state index in [1.807, 2.05) is 0 Å². The van der Waals surface area contributed by atoms with Crippen LogP contribution in [0, 0.1) is 0 Å². The van der Waals surface area contributed by atoms with E-state index in [1.54, 1.807) is 19.1 Å². The molecule has 1 unspecified atom stereocenters. The second-order valence-electron chi connectivity index (χ2n) is 2.34. The highest BCUT2D eigenvalue weighted by Gasteiger charge is 2.12. The zero-order valence-electron chi connectivity index (χ0n) is 6.42. The maximum Gasteiger partial charge on any atom is 0.194 e. The van der Waals surface area contributed by atoms with Crippen molar-refractivity contribution in [1.29, 1.82) is 0 Å². The van der Waals surface area contributed by atoms with Crippen molar-refractivity contribution >= 4 is 33.3 Å². The quantitative estimate of drug-likeness (QED) is 0.595. The molecule has 0 bridgehead atoms. The summed E-state index contributed by atoms with van der Waals surface area (Å²) in [6.07, 6.45) is 1.46. The summed E-state index contributed by atoms with van der Waals surface area (Å²) in [5.74, 6) is -0.0355. The molecule has 0 fully saturated rings. The van der Waals surface area contributed by atoms with Crippen molar-refractivity contribution in [3.63, 3.8) is 0 Å². The van der Waals surface area contributed by atoms with Gasteiger partial charge in [-0.2, -0.15) is 0 Å². The molecule has 1 atom stereocenters. The molecule has 0 N–H and O–H groups in total. The molecular weight excluding hydrogens is 241 g/mol. The van der Waals surface area contributed by atoms with Gasteiger partial charge in [-0.25, -0.2) is 0 Å². The normalized spacial score (nSPS) is 12.6. The first kappa shape index (κ1) is 9.68. The molecule has 4 heteroatoms. The van der Waals surface area contributed by atoms with Crippen molar-refractivity contribution in [3.8, 4) is 0 Å². The first-order chi connectivity index (χ1) is 5.61. The number of rotatable bonds is 2. The summed E-state index contributed by atoms with van der Waals surface area (Å²) in [4.78, 5) is 15.0. The number of halogens is 2. The number of nitrogens with zero attached hydrogens (tertiary/aromatic N) is 1. The van der Waals surface area contributed by atoms with Crippen molar-refractivity contribution in [1.82, 2.24) is 4.98 Å². The van der Waals surface area contributed by atoms with E-state index in [2.05, 4.69) is 20.9 Å². The van der Waals surface area contributed by atoms with Gasteiger partial charge >= 0.3 is 0 Å². The molecule has 0 saturated carbocycles. The van der Waals surface area contributed by atoms with Gasteiger partial charge in [0.1, 0.15) is 5.69 Å². The average Bonchev–Trinajstić information content (AvgIpc) is 2.04. The van der Waals surface area contributed by atoms with Crippen molar-refractivity contribution in [2.45, 2.75) is 11.8 Å². The van der Waals surface area contributed by atoms with Crippen LogP contribution in [0.2, 0.25) is 5.02 Å². The van der Waals surface area contributed by atoms with E-state index in [0.717, 1.165) is 0 Å². The van der Waals surface area contributed by atoms with Gasteiger partial charge in [-0.15, -0.1) is 0 Å². The number of hydrogen-bond donors (Lipinski definition) is 0. The lowest BCUT2D eigenvalue weighted by Gasteiger charge is -2.00. The largest absolute Gasteiger partial charge is 0.291 e. The minimum Gasteiger partial charge on any atom is -0.291 e. The number of pyridine rings is 1. The van der Waals surface area contributed by atoms with Crippen molar-refractivity contribution in [2.75, 3.05) is 0 Å². The van der Waals surface area contributed by atoms with Gasteiger partial charge in [-0.05, 0) is 19.1 Å². The summed E-state index contributed by atoms with van der Waals surface area (Å²) >= 11 is 8.78. The summed E-state index contributed by atoms with van der Waals surface area (Å²) < 4.78 is 0. The standard InChI is InChI=1S/C8H7BrClNO/c1-5(9)8(12)7-3-2-6(10)4-11-7/h2-5H,1H3. The zero-order chi connectivity index (χ0) is 9.14. The summed E-state index contributed by atoms with van der Waals surface area (Å²) in [6, 6.07) is 3.26. The van der Waals surface area contributed by atoms with Crippen LogP contribution in [-0.2, 0) is 0 Å². The summed E-state index contributed by atoms with van der Waals surface area (Å²) in [6.45, 7) is 1.76. The van der Waals surface area contributed by atoms with Gasteiger partial charge in [0.15, 0.2) is 5.78 Å². The van der Waals surface area contributed by atoms with E-state index >= 15 is 0 Å². The Labute approximate surface area is 84.1 Å². The number of alkyl halides is 1. The zero-order valence-corrected chi connectivity index (χ0v) is 8.76. The maximum absolute atomic E-state index is 11.3. The van der Waals surface area contributed by atoms with E-state index in [-0.39, 0.29) is 10.6 Å². The van der Waals surface area contributed by atoms with Crippen LogP contribution in [0.25, 0.3) is 0 Å². The first-order valence-corrected chi connectivity index (χ1v) is 4.70. The number of hydrogen-bond acceptors (Lipinski definition) is 2. The van der Waals surface area contributed by atoms with Crippen LogP contribution in [0.15, 0.2) is 18.3 Å². The van der Waals surface area contributed by atoms with E-state index in [4.69, 9.17) is 11.6 Å². The minimum absolute atomic E-state index is 0.0355. The Morgan fingerprint density at radius 2 is 2.33 bits per heavy atom. The molecule has 0 aromatic carbocycles. The van der Waals surface area contributed by atoms with Crippen LogP contribution in [0.3, 0.4) is 0 Å². The monoisotopic (exact) mass is 247 g/mol. The third-order valence-corrected chi connectivity index (χ3v) is 1.98. The van der Waals surface area contributed by atoms with Crippen LogP contribution in [0.1, 0.15) is 17.4 Å². The number of ketones is 1. The first-order valence-electron chi connectivity index (χ1n) is 3.41. The van der Waals surface area contributed by atoms with Crippen LogP contribution in [0.4, 0.5) is 0 Å². The highest BCUT2D eigenvalue weighted by Crippen LogP contribution is 2.10. The second kappa shape index (κ2) is 4.01. The van der Waals surface area contributed by atoms with E-state index in [0.29, 0.717) is 10.7 Å². The molecule has 1 rings (SSSR count). The molecule has 64 valence electrons. The molecular formula is C8H7BrClNO. The Morgan fingerprint density at radius 3 is 2.75 bits per heavy atom. The lowest BCUT2D eigenvalue weighted by Crippen LogP contribution is -2.11. The number of carbonyl (C=O) groups is 1. The topological polar surface area (TPSA) is 30.0 Å². The highest BCUT2D eigenvalue weighted by molar-refractivity contribution is 9.10. The lowest BCUT2D eigenvalue weighted by atomic mass is 10.2. The van der Waals surface area contributed by atoms with Gasteiger partial charge in [-0.3, -0.25) is 9.78 Å². The molecule has 0 aliphatic heterocycles. The van der Waals surface area contributed by atoms with E-state index in [9.17, 15) is 4.79 Å². The smallest absolute Gasteiger partial charge is 0.194 e. The van der Waals surface area contributed by atoms with Gasteiger partial charge in [0.2, 0.25) is 0 Å². The SMILES string of the molecule is CC(Br)C(=O)c1ccc(Cl)cn1. The molecule has 0 spiro atoms. The predicted octanol–water partition coefficient (Wildman–Crippen LogP) is 2.70. The number of aromatic nitrogens is 1. The molecule has 0 saturated heterocycles. The fraction of sp³-hybridized carbons (Fsp3) is 0.250. The molecule has 0 aliphatic carbocycles. The predicted molar refractivity (Wildman–Crippen MR) is 52.0 cm³/mol. The fourth-order valence-corrected chi connectivity index (χ4v) is 1.07. The van der Waals surface area contributed by atoms with Gasteiger partial charge in [-0.1, -0.05) is 27.5 Å². The van der Waals surface area contributed by atoms with Crippen LogP contribution < -0.4 is 0 Å². The van der Waals surface area contributed by atoms with Crippen molar-refractivity contribution in [2.24, 2.45) is 0 Å². The van der Waals surface area contributed by atoms with Gasteiger partial charge in [0, 0.05) is 6.20 Å². The Hall–Kier alpha value is -0.410. The van der Waals surface area contributed by atoms with Crippen LogP contribution >= 0.6 is 27.5 Å². The fourth-order valence-electron chi connectivity index (χ4n) is 0.725. The number of Topliss-reactive ketones (excluding diaryl/α,β-unsaturated/α-hetero) is 1. The molecule has 0 radical (unpaired) electrons. The summed E-state index contributed by atoms with van der Waals surface area (Å²) in [5.41, 5.74) is 0.434. The maximum atomic E-state index is 11.3. The number of carbonyl (C=O) groups excluding carboxylic acids is 1.